The minimum absolute atomic E-state index is 0.135. The van der Waals surface area contributed by atoms with Crippen LogP contribution >= 0.6 is 27.7 Å². The number of aliphatic hydroxyl groups excluding tert-OH is 1. The van der Waals surface area contributed by atoms with E-state index in [1.165, 1.54) is 12.8 Å². The van der Waals surface area contributed by atoms with Crippen LogP contribution in [0.2, 0.25) is 0 Å². The number of hydrogen-bond acceptors (Lipinski definition) is 6. The zero-order valence-corrected chi connectivity index (χ0v) is 17.2. The van der Waals surface area contributed by atoms with E-state index in [1.54, 1.807) is 11.8 Å². The molecule has 2 fully saturated rings. The molecule has 7 heteroatoms. The van der Waals surface area contributed by atoms with Gasteiger partial charge in [-0.3, -0.25) is 4.90 Å². The number of halogens is 1. The topological polar surface area (TPSA) is 71.3 Å². The third kappa shape index (κ3) is 3.84. The molecule has 0 spiro atoms. The third-order valence-electron chi connectivity index (χ3n) is 5.74. The quantitative estimate of drug-likeness (QED) is 0.664. The highest BCUT2D eigenvalue weighted by Gasteiger charge is 2.30. The fraction of sp³-hybridized carbons (Fsp3) is 0.632. The van der Waals surface area contributed by atoms with Gasteiger partial charge in [-0.05, 0) is 73.1 Å². The average molecular weight is 437 g/mol. The zero-order valence-electron chi connectivity index (χ0n) is 14.7. The number of benzene rings is 1. The van der Waals surface area contributed by atoms with Crippen molar-refractivity contribution in [2.45, 2.75) is 67.0 Å². The van der Waals surface area contributed by atoms with Gasteiger partial charge in [-0.15, -0.1) is 0 Å². The number of anilines is 2. The maximum absolute atomic E-state index is 9.91. The van der Waals surface area contributed by atoms with Gasteiger partial charge >= 0.3 is 0 Å². The molecule has 2 heterocycles. The van der Waals surface area contributed by atoms with E-state index in [1.807, 2.05) is 0 Å². The van der Waals surface area contributed by atoms with Gasteiger partial charge in [-0.1, -0.05) is 11.8 Å². The lowest BCUT2D eigenvalue weighted by molar-refractivity contribution is 0.0352. The number of hydrogen-bond donors (Lipinski definition) is 3. The summed E-state index contributed by atoms with van der Waals surface area (Å²) in [6, 6.07) is 7.59. The van der Waals surface area contributed by atoms with E-state index in [4.69, 9.17) is 5.26 Å². The minimum atomic E-state index is -0.202. The first-order chi connectivity index (χ1) is 12.6. The van der Waals surface area contributed by atoms with Crippen LogP contribution < -0.4 is 10.6 Å². The second-order valence-electron chi connectivity index (χ2n) is 7.51. The molecule has 0 amide bonds. The van der Waals surface area contributed by atoms with Crippen LogP contribution in [0.5, 0.6) is 0 Å². The molecule has 140 valence electrons. The lowest BCUT2D eigenvalue weighted by atomic mass is 9.89. The fourth-order valence-electron chi connectivity index (χ4n) is 4.37. The summed E-state index contributed by atoms with van der Waals surface area (Å²) in [7, 11) is 0. The van der Waals surface area contributed by atoms with Crippen LogP contribution in [-0.4, -0.2) is 46.7 Å². The number of rotatable bonds is 3. The third-order valence-corrected chi connectivity index (χ3v) is 7.62. The van der Waals surface area contributed by atoms with Gasteiger partial charge in [0.2, 0.25) is 0 Å². The average Bonchev–Trinajstić information content (AvgIpc) is 3.09. The predicted molar refractivity (Wildman–Crippen MR) is 110 cm³/mol. The molecule has 0 bridgehead atoms. The van der Waals surface area contributed by atoms with Crippen LogP contribution in [0, 0.1) is 11.3 Å². The van der Waals surface area contributed by atoms with Crippen molar-refractivity contribution < 1.29 is 5.11 Å². The van der Waals surface area contributed by atoms with Crippen molar-refractivity contribution in [1.82, 2.24) is 4.90 Å². The molecule has 1 saturated carbocycles. The largest absolute Gasteiger partial charge is 0.392 e. The van der Waals surface area contributed by atoms with Crippen molar-refractivity contribution in [2.24, 2.45) is 0 Å². The molecular formula is C19H25BrN4OS. The van der Waals surface area contributed by atoms with Gasteiger partial charge in [0.1, 0.15) is 0 Å². The Kier molecular flexibility index (Phi) is 5.65. The molecule has 2 aliphatic heterocycles. The van der Waals surface area contributed by atoms with Crippen molar-refractivity contribution >= 4 is 39.1 Å². The Balaban J connectivity index is 1.35. The molecule has 0 radical (unpaired) electrons. The second-order valence-corrected chi connectivity index (χ2v) is 9.45. The number of nitrogens with one attached hydrogen (secondary N) is 2. The highest BCUT2D eigenvalue weighted by atomic mass is 79.9. The number of fused-ring (bicyclic) bond motifs is 1. The van der Waals surface area contributed by atoms with Gasteiger partial charge in [0.15, 0.2) is 5.37 Å². The van der Waals surface area contributed by atoms with Crippen LogP contribution in [0.4, 0.5) is 11.4 Å². The first kappa shape index (κ1) is 18.4. The van der Waals surface area contributed by atoms with E-state index in [0.717, 1.165) is 59.5 Å². The summed E-state index contributed by atoms with van der Waals surface area (Å²) >= 11 is 5.28. The van der Waals surface area contributed by atoms with Crippen molar-refractivity contribution in [3.05, 3.63) is 16.6 Å². The van der Waals surface area contributed by atoms with E-state index in [9.17, 15) is 5.11 Å². The second kappa shape index (κ2) is 7.97. The lowest BCUT2D eigenvalue weighted by Gasteiger charge is -2.40. The predicted octanol–water partition coefficient (Wildman–Crippen LogP) is 4.00. The van der Waals surface area contributed by atoms with E-state index in [2.05, 4.69) is 49.7 Å². The first-order valence-electron chi connectivity index (χ1n) is 9.48. The minimum Gasteiger partial charge on any atom is -0.392 e. The number of β-amino-alcohol motifs (C(OH)–C–C–N with tert-alkyl or cyclic N) is 1. The van der Waals surface area contributed by atoms with E-state index in [-0.39, 0.29) is 11.5 Å². The summed E-state index contributed by atoms with van der Waals surface area (Å²) in [4.78, 5) is 3.63. The Hall–Kier alpha value is -0.940. The molecule has 2 atom stereocenters. The van der Waals surface area contributed by atoms with Gasteiger partial charge in [0.25, 0.3) is 0 Å². The molecule has 1 saturated heterocycles. The van der Waals surface area contributed by atoms with E-state index >= 15 is 0 Å². The van der Waals surface area contributed by atoms with Crippen LogP contribution in [0.15, 0.2) is 21.5 Å². The van der Waals surface area contributed by atoms with Gasteiger partial charge in [-0.2, -0.15) is 5.26 Å². The molecule has 26 heavy (non-hydrogen) atoms. The zero-order chi connectivity index (χ0) is 18.1. The fourth-order valence-corrected chi connectivity index (χ4v) is 5.98. The summed E-state index contributed by atoms with van der Waals surface area (Å²) in [5.74, 6) is 0. The van der Waals surface area contributed by atoms with Gasteiger partial charge in [-0.25, -0.2) is 0 Å². The van der Waals surface area contributed by atoms with E-state index < -0.39 is 0 Å². The van der Waals surface area contributed by atoms with Crippen molar-refractivity contribution in [3.8, 4) is 6.07 Å². The monoisotopic (exact) mass is 436 g/mol. The molecule has 5 nitrogen and oxygen atoms in total. The number of aliphatic hydroxyl groups is 1. The lowest BCUT2D eigenvalue weighted by Crippen LogP contribution is -2.47. The number of nitriles is 1. The van der Waals surface area contributed by atoms with Crippen LogP contribution in [0.1, 0.15) is 38.5 Å². The van der Waals surface area contributed by atoms with Gasteiger partial charge in [0.05, 0.1) is 28.0 Å². The smallest absolute Gasteiger partial charge is 0.166 e. The summed E-state index contributed by atoms with van der Waals surface area (Å²) in [5.41, 5.74) is 2.13. The van der Waals surface area contributed by atoms with Crippen LogP contribution in [0.25, 0.3) is 0 Å². The summed E-state index contributed by atoms with van der Waals surface area (Å²) < 4.78 is 1.03. The van der Waals surface area contributed by atoms with Crippen molar-refractivity contribution in [2.75, 3.05) is 23.7 Å². The first-order valence-corrected chi connectivity index (χ1v) is 11.2. The number of likely N-dealkylation sites (tertiary alicyclic amines) is 1. The highest BCUT2D eigenvalue weighted by Crippen LogP contribution is 2.46. The van der Waals surface area contributed by atoms with E-state index in [0.29, 0.717) is 12.1 Å². The summed E-state index contributed by atoms with van der Waals surface area (Å²) in [5, 5.41) is 25.8. The number of nitrogens with zero attached hydrogens (tertiary/aromatic N) is 2. The molecule has 1 aliphatic carbocycles. The molecule has 1 unspecified atom stereocenters. The molecule has 1 aromatic carbocycles. The Bertz CT molecular complexity index is 702. The Morgan fingerprint density at radius 3 is 2.81 bits per heavy atom. The normalized spacial score (nSPS) is 31.7. The number of thioether (sulfide) groups is 1. The van der Waals surface area contributed by atoms with Crippen molar-refractivity contribution in [1.29, 1.82) is 5.26 Å². The summed E-state index contributed by atoms with van der Waals surface area (Å²) in [6.45, 7) is 1.99. The van der Waals surface area contributed by atoms with Gasteiger partial charge < -0.3 is 15.7 Å². The molecule has 3 aliphatic rings. The van der Waals surface area contributed by atoms with Crippen LogP contribution in [0.3, 0.4) is 0 Å². The number of piperidine rings is 1. The standard InChI is InChI=1S/C19H25BrN4OS/c20-18-15(7-8-16-19(18)23-17(10-21)26-16)22-12-3-5-13(6-4-12)24-9-1-2-14(25)11-24/h7-8,12-14,17,22-23,25H,1-6,9,11H2/t12?,13?,14-,17?/m0/s1. The Morgan fingerprint density at radius 2 is 2.08 bits per heavy atom. The molecule has 3 N–H and O–H groups in total. The van der Waals surface area contributed by atoms with Crippen LogP contribution in [-0.2, 0) is 0 Å². The molecular weight excluding hydrogens is 412 g/mol. The molecule has 4 rings (SSSR count). The highest BCUT2D eigenvalue weighted by molar-refractivity contribution is 9.10. The maximum Gasteiger partial charge on any atom is 0.166 e. The maximum atomic E-state index is 9.91. The Labute approximate surface area is 167 Å². The Morgan fingerprint density at radius 1 is 1.27 bits per heavy atom. The SMILES string of the molecule is N#CC1Nc2c(ccc(NC3CCC(N4CCC[C@H](O)C4)CC3)c2Br)S1. The van der Waals surface area contributed by atoms with Gasteiger partial charge in [0, 0.05) is 23.5 Å². The molecule has 0 aromatic heterocycles. The van der Waals surface area contributed by atoms with Crippen molar-refractivity contribution in [3.63, 3.8) is 0 Å². The molecule has 1 aromatic rings. The summed E-state index contributed by atoms with van der Waals surface area (Å²) in [6.07, 6.45) is 6.64.